The summed E-state index contributed by atoms with van der Waals surface area (Å²) >= 11 is 0. The van der Waals surface area contributed by atoms with Gasteiger partial charge in [0.25, 0.3) is 0 Å². The minimum absolute atomic E-state index is 0.0238. The normalized spacial score (nSPS) is 41.7. The lowest BCUT2D eigenvalue weighted by Gasteiger charge is -2.55. The van der Waals surface area contributed by atoms with Crippen molar-refractivity contribution >= 4 is 23.5 Å². The molecule has 4 aliphatic rings. The van der Waals surface area contributed by atoms with Crippen LogP contribution in [0.25, 0.3) is 0 Å². The van der Waals surface area contributed by atoms with Crippen LogP contribution in [-0.4, -0.2) is 41.9 Å². The highest BCUT2D eigenvalue weighted by Crippen LogP contribution is 2.68. The maximum absolute atomic E-state index is 15.5. The van der Waals surface area contributed by atoms with Crippen LogP contribution in [0.2, 0.25) is 0 Å². The van der Waals surface area contributed by atoms with Gasteiger partial charge in [0, 0.05) is 37.0 Å². The molecule has 0 aromatic heterocycles. The molecule has 7 atom stereocenters. The average molecular weight is 461 g/mol. The van der Waals surface area contributed by atoms with E-state index in [0.717, 1.165) is 5.57 Å². The molecule has 6 nitrogen and oxygen atoms in total. The summed E-state index contributed by atoms with van der Waals surface area (Å²) in [5, 5.41) is 0. The predicted octanol–water partition coefficient (Wildman–Crippen LogP) is 4.07. The largest absolute Gasteiger partial charge is 0.458 e. The van der Waals surface area contributed by atoms with Crippen LogP contribution in [-0.2, 0) is 28.7 Å². The van der Waals surface area contributed by atoms with E-state index in [1.807, 2.05) is 20.8 Å². The second kappa shape index (κ2) is 7.88. The molecule has 7 heteroatoms. The van der Waals surface area contributed by atoms with Crippen molar-refractivity contribution in [1.29, 1.82) is 0 Å². The molecule has 2 fully saturated rings. The lowest BCUT2D eigenvalue weighted by molar-refractivity contribution is -0.190. The fraction of sp³-hybridized carbons (Fsp3) is 0.692. The van der Waals surface area contributed by atoms with Gasteiger partial charge in [0.15, 0.2) is 18.0 Å². The summed E-state index contributed by atoms with van der Waals surface area (Å²) in [4.78, 5) is 49.2. The highest BCUT2D eigenvalue weighted by molar-refractivity contribution is 5.94. The van der Waals surface area contributed by atoms with E-state index in [4.69, 9.17) is 9.47 Å². The number of allylic oxidation sites excluding steroid dienone is 4. The van der Waals surface area contributed by atoms with Crippen molar-refractivity contribution in [2.75, 3.05) is 6.61 Å². The second-order valence-corrected chi connectivity index (χ2v) is 10.8. The number of rotatable bonds is 4. The van der Waals surface area contributed by atoms with Crippen LogP contribution in [0, 0.1) is 28.6 Å². The first-order valence-electron chi connectivity index (χ1n) is 11.8. The van der Waals surface area contributed by atoms with E-state index in [0.29, 0.717) is 31.3 Å². The Labute approximate surface area is 193 Å². The lowest BCUT2D eigenvalue weighted by Crippen LogP contribution is -2.60. The SMILES string of the molecule is CC(=O)OCC(=O)[C@@]1(OC(C)=O)[C@H](C)C[C@@H]2[C@@H]3C[C@H](F)C4=CC(=O)CC[C@@]4(C)C3=CC[C@@]21C. The van der Waals surface area contributed by atoms with Crippen LogP contribution < -0.4 is 0 Å². The number of hydrogen-bond donors (Lipinski definition) is 0. The van der Waals surface area contributed by atoms with E-state index in [-0.39, 0.29) is 30.0 Å². The van der Waals surface area contributed by atoms with Crippen molar-refractivity contribution in [3.05, 3.63) is 23.3 Å². The molecule has 0 N–H and O–H groups in total. The van der Waals surface area contributed by atoms with Gasteiger partial charge in [-0.25, -0.2) is 4.39 Å². The number of fused-ring (bicyclic) bond motifs is 5. The molecular formula is C26H33FO6. The predicted molar refractivity (Wildman–Crippen MR) is 118 cm³/mol. The van der Waals surface area contributed by atoms with Gasteiger partial charge in [-0.3, -0.25) is 19.2 Å². The molecule has 180 valence electrons. The van der Waals surface area contributed by atoms with Gasteiger partial charge >= 0.3 is 11.9 Å². The number of ether oxygens (including phenoxy) is 2. The summed E-state index contributed by atoms with van der Waals surface area (Å²) in [6, 6.07) is 0. The monoisotopic (exact) mass is 460 g/mol. The Kier molecular flexibility index (Phi) is 5.69. The molecule has 0 aromatic carbocycles. The molecule has 0 bridgehead atoms. The number of esters is 2. The van der Waals surface area contributed by atoms with Crippen LogP contribution in [0.4, 0.5) is 4.39 Å². The van der Waals surface area contributed by atoms with Crippen LogP contribution in [0.1, 0.15) is 66.7 Å². The Bertz CT molecular complexity index is 981. The zero-order chi connectivity index (χ0) is 24.3. The summed E-state index contributed by atoms with van der Waals surface area (Å²) in [5.41, 5.74) is -0.990. The first kappa shape index (κ1) is 23.8. The van der Waals surface area contributed by atoms with Crippen molar-refractivity contribution < 1.29 is 33.0 Å². The van der Waals surface area contributed by atoms with Gasteiger partial charge in [-0.2, -0.15) is 0 Å². The van der Waals surface area contributed by atoms with E-state index in [9.17, 15) is 19.2 Å². The summed E-state index contributed by atoms with van der Waals surface area (Å²) in [7, 11) is 0. The van der Waals surface area contributed by atoms with E-state index < -0.39 is 46.9 Å². The van der Waals surface area contributed by atoms with Crippen molar-refractivity contribution in [3.8, 4) is 0 Å². The summed E-state index contributed by atoms with van der Waals surface area (Å²) in [5.74, 6) is -2.11. The quantitative estimate of drug-likeness (QED) is 0.464. The van der Waals surface area contributed by atoms with Crippen molar-refractivity contribution in [1.82, 2.24) is 0 Å². The second-order valence-electron chi connectivity index (χ2n) is 10.8. The van der Waals surface area contributed by atoms with E-state index in [1.165, 1.54) is 19.9 Å². The Hall–Kier alpha value is -2.31. The van der Waals surface area contributed by atoms with Crippen LogP contribution in [0.15, 0.2) is 23.3 Å². The molecule has 2 saturated carbocycles. The molecular weight excluding hydrogens is 427 g/mol. The van der Waals surface area contributed by atoms with Gasteiger partial charge < -0.3 is 9.47 Å². The summed E-state index contributed by atoms with van der Waals surface area (Å²) < 4.78 is 26.4. The Morgan fingerprint density at radius 1 is 1.12 bits per heavy atom. The van der Waals surface area contributed by atoms with Crippen molar-refractivity contribution in [2.45, 2.75) is 78.5 Å². The minimum Gasteiger partial charge on any atom is -0.458 e. The van der Waals surface area contributed by atoms with E-state index in [1.54, 1.807) is 0 Å². The lowest BCUT2D eigenvalue weighted by atomic mass is 9.50. The minimum atomic E-state index is -1.45. The van der Waals surface area contributed by atoms with Gasteiger partial charge in [0.1, 0.15) is 6.17 Å². The van der Waals surface area contributed by atoms with E-state index >= 15 is 4.39 Å². The fourth-order valence-electron chi connectivity index (χ4n) is 7.56. The molecule has 0 amide bonds. The number of carbonyl (C=O) groups is 4. The molecule has 0 spiro atoms. The number of hydrogen-bond acceptors (Lipinski definition) is 6. The number of alkyl halides is 1. The summed E-state index contributed by atoms with van der Waals surface area (Å²) in [6.45, 7) is 7.92. The van der Waals surface area contributed by atoms with Crippen LogP contribution in [0.3, 0.4) is 0 Å². The Morgan fingerprint density at radius 2 is 1.82 bits per heavy atom. The standard InChI is InChI=1S/C26H33FO6/c1-14-10-20-18-12-22(27)21-11-17(30)6-8-24(21,4)19(18)7-9-25(20,5)26(14,33-16(3)29)23(31)13-32-15(2)28/h7,11,14,18,20,22H,6,8-10,12-13H2,1-5H3/t14-,18-,20-,22+,24+,25+,26+/m1/s1. The molecule has 0 heterocycles. The van der Waals surface area contributed by atoms with Gasteiger partial charge in [-0.05, 0) is 49.2 Å². The average Bonchev–Trinajstić information content (AvgIpc) is 2.95. The number of halogens is 1. The van der Waals surface area contributed by atoms with E-state index in [2.05, 4.69) is 6.08 Å². The zero-order valence-corrected chi connectivity index (χ0v) is 20.0. The smallest absolute Gasteiger partial charge is 0.303 e. The van der Waals surface area contributed by atoms with Gasteiger partial charge in [-0.15, -0.1) is 0 Å². The molecule has 4 rings (SSSR count). The van der Waals surface area contributed by atoms with Crippen molar-refractivity contribution in [2.24, 2.45) is 28.6 Å². The molecule has 0 aromatic rings. The molecule has 0 radical (unpaired) electrons. The number of ketones is 2. The first-order chi connectivity index (χ1) is 15.4. The number of carbonyl (C=O) groups excluding carboxylic acids is 4. The maximum Gasteiger partial charge on any atom is 0.303 e. The zero-order valence-electron chi connectivity index (χ0n) is 20.0. The van der Waals surface area contributed by atoms with Crippen LogP contribution in [0.5, 0.6) is 0 Å². The maximum atomic E-state index is 15.5. The molecule has 0 unspecified atom stereocenters. The molecule has 4 aliphatic carbocycles. The molecule has 33 heavy (non-hydrogen) atoms. The van der Waals surface area contributed by atoms with Crippen molar-refractivity contribution in [3.63, 3.8) is 0 Å². The highest BCUT2D eigenvalue weighted by Gasteiger charge is 2.70. The van der Waals surface area contributed by atoms with Crippen LogP contribution >= 0.6 is 0 Å². The Morgan fingerprint density at radius 3 is 2.45 bits per heavy atom. The van der Waals surface area contributed by atoms with Gasteiger partial charge in [-0.1, -0.05) is 32.4 Å². The molecule has 0 aliphatic heterocycles. The van der Waals surface area contributed by atoms with Gasteiger partial charge in [0.05, 0.1) is 0 Å². The highest BCUT2D eigenvalue weighted by atomic mass is 19.1. The topological polar surface area (TPSA) is 86.7 Å². The molecule has 0 saturated heterocycles. The van der Waals surface area contributed by atoms with Gasteiger partial charge in [0.2, 0.25) is 5.78 Å². The summed E-state index contributed by atoms with van der Waals surface area (Å²) in [6.07, 6.45) is 4.70. The third-order valence-electron chi connectivity index (χ3n) is 8.99. The first-order valence-corrected chi connectivity index (χ1v) is 11.8. The third kappa shape index (κ3) is 3.33. The Balaban J connectivity index is 1.80. The fourth-order valence-corrected chi connectivity index (χ4v) is 7.56. The number of Topliss-reactive ketones (excluding diaryl/α,β-unsaturated/α-hetero) is 1. The third-order valence-corrected chi connectivity index (χ3v) is 8.99.